The lowest BCUT2D eigenvalue weighted by molar-refractivity contribution is -0.139. The zero-order valence-electron chi connectivity index (χ0n) is 19.7. The number of benzene rings is 3. The molecule has 174 valence electrons. The molecule has 0 saturated heterocycles. The molecule has 3 aromatic carbocycles. The molecule has 0 N–H and O–H groups in total. The Hall–Kier alpha value is -3.79. The van der Waals surface area contributed by atoms with Crippen molar-refractivity contribution in [2.75, 3.05) is 6.61 Å². The summed E-state index contributed by atoms with van der Waals surface area (Å²) in [5.41, 5.74) is 5.94. The first-order valence-electron chi connectivity index (χ1n) is 11.2. The molecule has 0 aliphatic rings. The molecule has 0 radical (unpaired) electrons. The van der Waals surface area contributed by atoms with Gasteiger partial charge in [-0.1, -0.05) is 73.8 Å². The molecule has 0 spiro atoms. The Kier molecular flexibility index (Phi) is 8.31. The smallest absolute Gasteiger partial charge is 0.333 e. The summed E-state index contributed by atoms with van der Waals surface area (Å²) in [5.74, 6) is -0.651. The molecule has 3 aromatic rings. The van der Waals surface area contributed by atoms with Crippen molar-refractivity contribution < 1.29 is 18.7 Å². The van der Waals surface area contributed by atoms with Gasteiger partial charge < -0.3 is 4.74 Å². The van der Waals surface area contributed by atoms with Crippen molar-refractivity contribution in [1.82, 2.24) is 0 Å². The summed E-state index contributed by atoms with van der Waals surface area (Å²) in [6.45, 7) is 10.9. The van der Waals surface area contributed by atoms with Crippen LogP contribution in [0.15, 0.2) is 91.0 Å². The van der Waals surface area contributed by atoms with Crippen LogP contribution in [0.1, 0.15) is 31.4 Å². The Morgan fingerprint density at radius 1 is 0.794 bits per heavy atom. The number of hydrogen-bond acceptors (Lipinski definition) is 3. The van der Waals surface area contributed by atoms with Crippen LogP contribution in [0.2, 0.25) is 0 Å². The summed E-state index contributed by atoms with van der Waals surface area (Å²) in [7, 11) is 0. The topological polar surface area (TPSA) is 43.4 Å². The van der Waals surface area contributed by atoms with Gasteiger partial charge in [0.2, 0.25) is 0 Å². The number of carbonyl (C=O) groups is 2. The molecule has 0 aliphatic heterocycles. The first kappa shape index (κ1) is 24.8. The van der Waals surface area contributed by atoms with Crippen molar-refractivity contribution in [2.45, 2.75) is 33.1 Å². The van der Waals surface area contributed by atoms with Gasteiger partial charge in [-0.25, -0.2) is 9.18 Å². The largest absolute Gasteiger partial charge is 0.462 e. The molecule has 0 aliphatic carbocycles. The third-order valence-corrected chi connectivity index (χ3v) is 5.55. The number of carbonyl (C=O) groups excluding carboxylic acids is 2. The minimum atomic E-state index is -0.372. The van der Waals surface area contributed by atoms with Crippen LogP contribution < -0.4 is 0 Å². The SMILES string of the molecule is C=C(C)C(=O)Cc1ccc(-c2ccc(-c3ccc(CCCOC(=O)C(=C)C)cc3)c(F)c2)cc1. The number of hydrogen-bond donors (Lipinski definition) is 0. The second-order valence-corrected chi connectivity index (χ2v) is 8.49. The quantitative estimate of drug-likeness (QED) is 0.189. The van der Waals surface area contributed by atoms with Gasteiger partial charge in [0.05, 0.1) is 6.61 Å². The van der Waals surface area contributed by atoms with Gasteiger partial charge >= 0.3 is 5.97 Å². The maximum Gasteiger partial charge on any atom is 0.333 e. The highest BCUT2D eigenvalue weighted by Crippen LogP contribution is 2.28. The van der Waals surface area contributed by atoms with Gasteiger partial charge in [0.25, 0.3) is 0 Å². The zero-order chi connectivity index (χ0) is 24.7. The van der Waals surface area contributed by atoms with E-state index in [1.165, 1.54) is 6.07 Å². The summed E-state index contributed by atoms with van der Waals surface area (Å²) in [4.78, 5) is 23.3. The Balaban J connectivity index is 1.63. The average molecular weight is 457 g/mol. The number of esters is 1. The molecule has 0 heterocycles. The summed E-state index contributed by atoms with van der Waals surface area (Å²) >= 11 is 0. The number of ketones is 1. The number of halogens is 1. The molecule has 0 saturated carbocycles. The lowest BCUT2D eigenvalue weighted by Crippen LogP contribution is -2.06. The van der Waals surface area contributed by atoms with E-state index in [2.05, 4.69) is 13.2 Å². The van der Waals surface area contributed by atoms with Crippen LogP contribution in [0.25, 0.3) is 22.3 Å². The van der Waals surface area contributed by atoms with Crippen LogP contribution in [0.4, 0.5) is 4.39 Å². The Morgan fingerprint density at radius 2 is 1.38 bits per heavy atom. The Morgan fingerprint density at radius 3 is 1.97 bits per heavy atom. The molecule has 3 nitrogen and oxygen atoms in total. The second kappa shape index (κ2) is 11.4. The number of Topliss-reactive ketones (excluding diaryl/α,β-unsaturated/α-hetero) is 1. The molecule has 0 atom stereocenters. The predicted molar refractivity (Wildman–Crippen MR) is 135 cm³/mol. The fourth-order valence-corrected chi connectivity index (χ4v) is 3.50. The van der Waals surface area contributed by atoms with E-state index >= 15 is 0 Å². The van der Waals surface area contributed by atoms with E-state index in [1.54, 1.807) is 19.9 Å². The monoisotopic (exact) mass is 456 g/mol. The van der Waals surface area contributed by atoms with Crippen LogP contribution in [-0.2, 0) is 27.2 Å². The highest BCUT2D eigenvalue weighted by atomic mass is 19.1. The van der Waals surface area contributed by atoms with E-state index in [4.69, 9.17) is 4.74 Å². The minimum absolute atomic E-state index is 0.0142. The van der Waals surface area contributed by atoms with Gasteiger partial charge in [0.1, 0.15) is 5.82 Å². The molecule has 0 amide bonds. The zero-order valence-corrected chi connectivity index (χ0v) is 19.7. The van der Waals surface area contributed by atoms with Crippen molar-refractivity contribution in [3.63, 3.8) is 0 Å². The molecular weight excluding hydrogens is 427 g/mol. The maximum absolute atomic E-state index is 14.9. The molecule has 0 aromatic heterocycles. The van der Waals surface area contributed by atoms with Crippen molar-refractivity contribution in [2.24, 2.45) is 0 Å². The van der Waals surface area contributed by atoms with Gasteiger partial charge in [-0.15, -0.1) is 0 Å². The van der Waals surface area contributed by atoms with Crippen molar-refractivity contribution in [1.29, 1.82) is 0 Å². The molecule has 3 rings (SSSR count). The summed E-state index contributed by atoms with van der Waals surface area (Å²) in [5, 5.41) is 0. The van der Waals surface area contributed by atoms with Crippen LogP contribution in [0.5, 0.6) is 0 Å². The van der Waals surface area contributed by atoms with E-state index in [0.29, 0.717) is 36.2 Å². The molecular formula is C30H29FO3. The Bertz CT molecular complexity index is 1200. The number of aryl methyl sites for hydroxylation is 1. The molecule has 34 heavy (non-hydrogen) atoms. The fourth-order valence-electron chi connectivity index (χ4n) is 3.50. The van der Waals surface area contributed by atoms with E-state index in [0.717, 1.165) is 34.2 Å². The summed E-state index contributed by atoms with van der Waals surface area (Å²) in [6.07, 6.45) is 1.79. The van der Waals surface area contributed by atoms with Crippen molar-refractivity contribution in [3.05, 3.63) is 108 Å². The van der Waals surface area contributed by atoms with Crippen LogP contribution >= 0.6 is 0 Å². The fraction of sp³-hybridized carbons (Fsp3) is 0.200. The minimum Gasteiger partial charge on any atom is -0.462 e. The van der Waals surface area contributed by atoms with Crippen LogP contribution in [0, 0.1) is 5.82 Å². The van der Waals surface area contributed by atoms with E-state index in [1.807, 2.05) is 54.6 Å². The van der Waals surface area contributed by atoms with Gasteiger partial charge in [0.15, 0.2) is 5.78 Å². The molecule has 0 bridgehead atoms. The van der Waals surface area contributed by atoms with Crippen molar-refractivity contribution in [3.8, 4) is 22.3 Å². The molecule has 0 fully saturated rings. The highest BCUT2D eigenvalue weighted by molar-refractivity contribution is 5.95. The van der Waals surface area contributed by atoms with Gasteiger partial charge in [-0.3, -0.25) is 4.79 Å². The Labute approximate surface area is 200 Å². The maximum atomic E-state index is 14.9. The number of allylic oxidation sites excluding steroid dienone is 1. The van der Waals surface area contributed by atoms with Gasteiger partial charge in [-0.2, -0.15) is 0 Å². The molecule has 4 heteroatoms. The summed E-state index contributed by atoms with van der Waals surface area (Å²) < 4.78 is 20.0. The highest BCUT2D eigenvalue weighted by Gasteiger charge is 2.09. The van der Waals surface area contributed by atoms with Crippen LogP contribution in [-0.4, -0.2) is 18.4 Å². The average Bonchev–Trinajstić information content (AvgIpc) is 2.82. The third kappa shape index (κ3) is 6.61. The predicted octanol–water partition coefficient (Wildman–Crippen LogP) is 6.90. The lowest BCUT2D eigenvalue weighted by Gasteiger charge is -2.09. The molecule has 0 unspecified atom stereocenters. The van der Waals surface area contributed by atoms with Crippen LogP contribution in [0.3, 0.4) is 0 Å². The van der Waals surface area contributed by atoms with Crippen molar-refractivity contribution >= 4 is 11.8 Å². The van der Waals surface area contributed by atoms with E-state index in [9.17, 15) is 14.0 Å². The number of ether oxygens (including phenoxy) is 1. The second-order valence-electron chi connectivity index (χ2n) is 8.49. The lowest BCUT2D eigenvalue weighted by atomic mass is 9.97. The van der Waals surface area contributed by atoms with E-state index < -0.39 is 0 Å². The third-order valence-electron chi connectivity index (χ3n) is 5.55. The van der Waals surface area contributed by atoms with Gasteiger partial charge in [-0.05, 0) is 66.1 Å². The first-order valence-corrected chi connectivity index (χ1v) is 11.2. The summed E-state index contributed by atoms with van der Waals surface area (Å²) in [6, 6.07) is 20.5. The first-order chi connectivity index (χ1) is 16.2. The van der Waals surface area contributed by atoms with Gasteiger partial charge in [0, 0.05) is 17.6 Å². The standard InChI is InChI=1S/C30H29FO3/c1-20(2)29(32)18-23-9-11-24(12-10-23)26-15-16-27(28(31)19-26)25-13-7-22(8-14-25)6-5-17-34-30(33)21(3)4/h7-16,19H,1,3,5-6,17-18H2,2,4H3. The normalized spacial score (nSPS) is 10.6. The number of rotatable bonds is 10. The van der Waals surface area contributed by atoms with E-state index in [-0.39, 0.29) is 17.6 Å².